The van der Waals surface area contributed by atoms with Crippen LogP contribution >= 0.6 is 11.5 Å². The van der Waals surface area contributed by atoms with Crippen LogP contribution in [0.2, 0.25) is 0 Å². The van der Waals surface area contributed by atoms with E-state index in [1.807, 2.05) is 12.1 Å². The third-order valence-corrected chi connectivity index (χ3v) is 6.54. The zero-order valence-corrected chi connectivity index (χ0v) is 15.6. The number of rotatable bonds is 4. The molecule has 1 saturated carbocycles. The van der Waals surface area contributed by atoms with Gasteiger partial charge < -0.3 is 15.1 Å². The average Bonchev–Trinajstić information content (AvgIpc) is 3.09. The van der Waals surface area contributed by atoms with Gasteiger partial charge in [0, 0.05) is 30.2 Å². The number of carbonyl (C=O) groups is 1. The Morgan fingerprint density at radius 3 is 2.69 bits per heavy atom. The molecule has 1 saturated heterocycles. The minimum Gasteiger partial charge on any atom is -0.481 e. The molecule has 2 heterocycles. The van der Waals surface area contributed by atoms with Crippen LogP contribution in [-0.2, 0) is 4.79 Å². The number of hydrogen-bond acceptors (Lipinski definition) is 6. The summed E-state index contributed by atoms with van der Waals surface area (Å²) in [5, 5.41) is 20.6. The molecule has 0 spiro atoms. The van der Waals surface area contributed by atoms with E-state index in [2.05, 4.69) is 28.3 Å². The molecular formula is C19H23N3O3S. The summed E-state index contributed by atoms with van der Waals surface area (Å²) in [4.78, 5) is 17.9. The van der Waals surface area contributed by atoms with Gasteiger partial charge in [0.2, 0.25) is 5.13 Å². The van der Waals surface area contributed by atoms with E-state index in [4.69, 9.17) is 10.1 Å². The molecule has 0 amide bonds. The molecule has 1 aromatic carbocycles. The number of carboxylic acid groups (broad SMARTS) is 1. The molecule has 138 valence electrons. The minimum absolute atomic E-state index is 0.179. The van der Waals surface area contributed by atoms with Crippen molar-refractivity contribution in [1.82, 2.24) is 9.36 Å². The van der Waals surface area contributed by atoms with Gasteiger partial charge in [0.25, 0.3) is 0 Å². The first-order valence-electron chi connectivity index (χ1n) is 9.05. The fourth-order valence-electron chi connectivity index (χ4n) is 4.15. The third-order valence-electron chi connectivity index (χ3n) is 5.77. The summed E-state index contributed by atoms with van der Waals surface area (Å²) in [5.41, 5.74) is 1.43. The Kier molecular flexibility index (Phi) is 4.44. The van der Waals surface area contributed by atoms with Gasteiger partial charge in [0.05, 0.1) is 11.5 Å². The summed E-state index contributed by atoms with van der Waals surface area (Å²) in [6.45, 7) is 3.71. The summed E-state index contributed by atoms with van der Waals surface area (Å²) < 4.78 is 4.50. The Balaban J connectivity index is 1.38. The Labute approximate surface area is 156 Å². The van der Waals surface area contributed by atoms with Crippen molar-refractivity contribution < 1.29 is 15.0 Å². The van der Waals surface area contributed by atoms with Crippen molar-refractivity contribution in [3.63, 3.8) is 0 Å². The molecule has 2 fully saturated rings. The molecule has 2 aromatic rings. The lowest BCUT2D eigenvalue weighted by Gasteiger charge is -2.49. The van der Waals surface area contributed by atoms with Crippen LogP contribution in [0.4, 0.5) is 5.13 Å². The first kappa shape index (κ1) is 17.4. The second-order valence-corrected chi connectivity index (χ2v) is 8.31. The van der Waals surface area contributed by atoms with Gasteiger partial charge in [0.15, 0.2) is 5.82 Å². The van der Waals surface area contributed by atoms with Gasteiger partial charge in [0.1, 0.15) is 0 Å². The minimum atomic E-state index is -0.789. The van der Waals surface area contributed by atoms with Crippen LogP contribution in [-0.4, -0.2) is 44.2 Å². The van der Waals surface area contributed by atoms with Crippen LogP contribution in [0.1, 0.15) is 31.2 Å². The number of aromatic nitrogens is 2. The quantitative estimate of drug-likeness (QED) is 0.857. The first-order valence-corrected chi connectivity index (χ1v) is 9.83. The maximum atomic E-state index is 11.0. The standard InChI is InChI=1S/C19H23N3O3S/c1-12-3-2-4-13(9-12)16-20-18(26-21-16)22-7-5-15(6-8-22)19(25)10-14(11-19)17(23)24/h2-4,9,14-15,25H,5-8,10-11H2,1H3,(H,23,24). The largest absolute Gasteiger partial charge is 0.481 e. The highest BCUT2D eigenvalue weighted by molar-refractivity contribution is 7.09. The maximum Gasteiger partial charge on any atom is 0.306 e. The van der Waals surface area contributed by atoms with Crippen molar-refractivity contribution in [2.45, 2.75) is 38.2 Å². The number of anilines is 1. The van der Waals surface area contributed by atoms with E-state index in [9.17, 15) is 9.90 Å². The molecule has 26 heavy (non-hydrogen) atoms. The van der Waals surface area contributed by atoms with Gasteiger partial charge in [-0.05, 0) is 44.6 Å². The van der Waals surface area contributed by atoms with Crippen molar-refractivity contribution in [1.29, 1.82) is 0 Å². The monoisotopic (exact) mass is 373 g/mol. The molecule has 1 aromatic heterocycles. The maximum absolute atomic E-state index is 11.0. The molecule has 0 unspecified atom stereocenters. The Bertz CT molecular complexity index is 808. The first-order chi connectivity index (χ1) is 12.4. The van der Waals surface area contributed by atoms with Gasteiger partial charge in [-0.25, -0.2) is 0 Å². The number of carboxylic acids is 1. The van der Waals surface area contributed by atoms with E-state index in [0.29, 0.717) is 12.8 Å². The highest BCUT2D eigenvalue weighted by Gasteiger charge is 2.51. The van der Waals surface area contributed by atoms with Crippen LogP contribution < -0.4 is 4.90 Å². The predicted molar refractivity (Wildman–Crippen MR) is 100 cm³/mol. The molecule has 1 aliphatic carbocycles. The van der Waals surface area contributed by atoms with Crippen LogP contribution in [0, 0.1) is 18.8 Å². The fourth-order valence-corrected chi connectivity index (χ4v) is 4.89. The Morgan fingerprint density at radius 2 is 2.04 bits per heavy atom. The lowest BCUT2D eigenvalue weighted by molar-refractivity contribution is -0.168. The zero-order valence-electron chi connectivity index (χ0n) is 14.8. The molecule has 0 radical (unpaired) electrons. The smallest absolute Gasteiger partial charge is 0.306 e. The number of benzene rings is 1. The van der Waals surface area contributed by atoms with Crippen LogP contribution in [0.25, 0.3) is 11.4 Å². The number of piperidine rings is 1. The highest BCUT2D eigenvalue weighted by atomic mass is 32.1. The lowest BCUT2D eigenvalue weighted by Crippen LogP contribution is -2.54. The molecule has 0 bridgehead atoms. The van der Waals surface area contributed by atoms with Crippen LogP contribution in [0.15, 0.2) is 24.3 Å². The van der Waals surface area contributed by atoms with E-state index in [1.165, 1.54) is 17.1 Å². The van der Waals surface area contributed by atoms with E-state index < -0.39 is 11.6 Å². The van der Waals surface area contributed by atoms with Gasteiger partial charge in [-0.2, -0.15) is 9.36 Å². The van der Waals surface area contributed by atoms with Crippen molar-refractivity contribution >= 4 is 22.6 Å². The lowest BCUT2D eigenvalue weighted by atomic mass is 9.62. The summed E-state index contributed by atoms with van der Waals surface area (Å²) in [5.74, 6) is -0.223. The molecule has 7 heteroatoms. The average molecular weight is 373 g/mol. The predicted octanol–water partition coefficient (Wildman–Crippen LogP) is 2.96. The molecular weight excluding hydrogens is 350 g/mol. The van der Waals surface area contributed by atoms with Crippen molar-refractivity contribution in [3.05, 3.63) is 29.8 Å². The summed E-state index contributed by atoms with van der Waals surface area (Å²) in [6, 6.07) is 8.18. The normalized spacial score (nSPS) is 26.5. The summed E-state index contributed by atoms with van der Waals surface area (Å²) >= 11 is 1.41. The second-order valence-electron chi connectivity index (χ2n) is 7.58. The van der Waals surface area contributed by atoms with Crippen LogP contribution in [0.5, 0.6) is 0 Å². The SMILES string of the molecule is Cc1cccc(-c2nsc(N3CCC(C4(O)CC(C(=O)O)C4)CC3)n2)c1. The Hall–Kier alpha value is -1.99. The molecule has 4 rings (SSSR count). The van der Waals surface area contributed by atoms with Crippen molar-refractivity contribution in [2.24, 2.45) is 11.8 Å². The van der Waals surface area contributed by atoms with Gasteiger partial charge in [-0.15, -0.1) is 0 Å². The molecule has 2 N–H and O–H groups in total. The van der Waals surface area contributed by atoms with Gasteiger partial charge in [-0.3, -0.25) is 4.79 Å². The fraction of sp³-hybridized carbons (Fsp3) is 0.526. The van der Waals surface area contributed by atoms with Gasteiger partial charge >= 0.3 is 5.97 Å². The molecule has 1 aliphatic heterocycles. The van der Waals surface area contributed by atoms with E-state index >= 15 is 0 Å². The number of hydrogen-bond donors (Lipinski definition) is 2. The topological polar surface area (TPSA) is 86.5 Å². The second kappa shape index (κ2) is 6.63. The molecule has 0 atom stereocenters. The zero-order chi connectivity index (χ0) is 18.3. The number of aryl methyl sites for hydroxylation is 1. The Morgan fingerprint density at radius 1 is 1.31 bits per heavy atom. The van der Waals surface area contributed by atoms with E-state index in [0.717, 1.165) is 42.5 Å². The van der Waals surface area contributed by atoms with E-state index in [1.54, 1.807) is 0 Å². The van der Waals surface area contributed by atoms with Gasteiger partial charge in [-0.1, -0.05) is 23.8 Å². The van der Waals surface area contributed by atoms with Crippen LogP contribution in [0.3, 0.4) is 0 Å². The summed E-state index contributed by atoms with van der Waals surface area (Å²) in [7, 11) is 0. The van der Waals surface area contributed by atoms with Crippen molar-refractivity contribution in [3.8, 4) is 11.4 Å². The molecule has 2 aliphatic rings. The highest BCUT2D eigenvalue weighted by Crippen LogP contribution is 2.47. The third kappa shape index (κ3) is 3.21. The van der Waals surface area contributed by atoms with E-state index in [-0.39, 0.29) is 11.8 Å². The number of nitrogens with zero attached hydrogens (tertiary/aromatic N) is 3. The number of aliphatic carboxylic acids is 1. The van der Waals surface area contributed by atoms with Crippen molar-refractivity contribution in [2.75, 3.05) is 18.0 Å². The summed E-state index contributed by atoms with van der Waals surface area (Å²) in [6.07, 6.45) is 2.51. The molecule has 6 nitrogen and oxygen atoms in total. The number of aliphatic hydroxyl groups is 1.